The maximum Gasteiger partial charge on any atom is 0.0730 e. The minimum atomic E-state index is 0.963. The van der Waals surface area contributed by atoms with Crippen LogP contribution in [-0.4, -0.2) is 18.1 Å². The average molecular weight is 384 g/mol. The third-order valence-electron chi connectivity index (χ3n) is 5.34. The minimum absolute atomic E-state index is 0.963. The van der Waals surface area contributed by atoms with E-state index in [0.717, 1.165) is 30.7 Å². The Hall–Kier alpha value is -2.91. The van der Waals surface area contributed by atoms with Crippen LogP contribution in [0.25, 0.3) is 21.8 Å². The summed E-state index contributed by atoms with van der Waals surface area (Å²) >= 11 is 0. The number of unbranched alkanes of at least 4 members (excludes halogenated alkanes) is 3. The van der Waals surface area contributed by atoms with Crippen molar-refractivity contribution < 1.29 is 0 Å². The highest BCUT2D eigenvalue weighted by atomic mass is 14.9. The van der Waals surface area contributed by atoms with Crippen molar-refractivity contribution in [3.63, 3.8) is 0 Å². The summed E-state index contributed by atoms with van der Waals surface area (Å²) in [5, 5.41) is 9.64. The first-order chi connectivity index (χ1) is 14.4. The van der Waals surface area contributed by atoms with Crippen LogP contribution in [0.15, 0.2) is 78.9 Å². The summed E-state index contributed by atoms with van der Waals surface area (Å²) in [7, 11) is 0. The number of aromatic nitrogens is 1. The molecule has 0 unspecified atom stereocenters. The van der Waals surface area contributed by atoms with Crippen molar-refractivity contribution in [2.75, 3.05) is 18.4 Å². The predicted molar refractivity (Wildman–Crippen MR) is 124 cm³/mol. The smallest absolute Gasteiger partial charge is 0.0730 e. The van der Waals surface area contributed by atoms with Crippen molar-refractivity contribution >= 4 is 27.5 Å². The number of anilines is 1. The molecule has 0 bridgehead atoms. The van der Waals surface area contributed by atoms with Crippen LogP contribution < -0.4 is 10.6 Å². The number of benzene rings is 3. The Kier molecular flexibility index (Phi) is 6.72. The van der Waals surface area contributed by atoms with E-state index in [1.807, 2.05) is 0 Å². The van der Waals surface area contributed by atoms with Crippen LogP contribution in [-0.2, 0) is 6.54 Å². The molecule has 0 aliphatic carbocycles. The largest absolute Gasteiger partial charge is 0.384 e. The molecule has 4 rings (SSSR count). The van der Waals surface area contributed by atoms with Crippen molar-refractivity contribution in [1.82, 2.24) is 10.3 Å². The third kappa shape index (κ3) is 5.12. The molecule has 0 spiro atoms. The van der Waals surface area contributed by atoms with Crippen molar-refractivity contribution in [3.8, 4) is 0 Å². The number of nitrogens with zero attached hydrogens (tertiary/aromatic N) is 1. The third-order valence-corrected chi connectivity index (χ3v) is 5.34. The first kappa shape index (κ1) is 19.4. The van der Waals surface area contributed by atoms with Gasteiger partial charge in [0.1, 0.15) is 0 Å². The van der Waals surface area contributed by atoms with Crippen molar-refractivity contribution in [2.45, 2.75) is 32.2 Å². The monoisotopic (exact) mass is 383 g/mol. The van der Waals surface area contributed by atoms with Crippen LogP contribution in [0.3, 0.4) is 0 Å². The second-order valence-electron chi connectivity index (χ2n) is 7.52. The molecule has 2 N–H and O–H groups in total. The number of fused-ring (bicyclic) bond motifs is 2. The molecule has 1 heterocycles. The molecule has 3 nitrogen and oxygen atoms in total. The molecule has 3 heteroatoms. The highest BCUT2D eigenvalue weighted by Gasteiger charge is 2.07. The molecule has 148 valence electrons. The van der Waals surface area contributed by atoms with Gasteiger partial charge >= 0.3 is 0 Å². The highest BCUT2D eigenvalue weighted by molar-refractivity contribution is 6.07. The predicted octanol–water partition coefficient (Wildman–Crippen LogP) is 6.15. The lowest BCUT2D eigenvalue weighted by Gasteiger charge is -2.13. The van der Waals surface area contributed by atoms with Gasteiger partial charge in [-0.2, -0.15) is 0 Å². The topological polar surface area (TPSA) is 37.0 Å². The van der Waals surface area contributed by atoms with Crippen LogP contribution in [0.2, 0.25) is 0 Å². The average Bonchev–Trinajstić information content (AvgIpc) is 2.78. The molecule has 1 aromatic heterocycles. The fraction of sp³-hybridized carbons (Fsp3) is 0.269. The minimum Gasteiger partial charge on any atom is -0.384 e. The van der Waals surface area contributed by atoms with Crippen LogP contribution in [0.5, 0.6) is 0 Å². The van der Waals surface area contributed by atoms with E-state index < -0.39 is 0 Å². The van der Waals surface area contributed by atoms with E-state index in [1.165, 1.54) is 47.7 Å². The zero-order valence-electron chi connectivity index (χ0n) is 16.9. The molecule has 0 saturated carbocycles. The first-order valence-electron chi connectivity index (χ1n) is 10.7. The summed E-state index contributed by atoms with van der Waals surface area (Å²) in [6.45, 7) is 3.04. The molecular formula is C26H29N3. The number of hydrogen-bond donors (Lipinski definition) is 2. The lowest BCUT2D eigenvalue weighted by atomic mass is 10.1. The number of para-hydroxylation sites is 2. The van der Waals surface area contributed by atoms with Gasteiger partial charge in [0, 0.05) is 23.9 Å². The Labute approximate surface area is 173 Å². The van der Waals surface area contributed by atoms with E-state index in [9.17, 15) is 0 Å². The number of nitrogens with one attached hydrogen (secondary N) is 2. The second-order valence-corrected chi connectivity index (χ2v) is 7.52. The zero-order chi connectivity index (χ0) is 19.7. The molecule has 0 amide bonds. The van der Waals surface area contributed by atoms with E-state index in [1.54, 1.807) is 0 Å². The first-order valence-corrected chi connectivity index (χ1v) is 10.7. The molecule has 3 aromatic carbocycles. The van der Waals surface area contributed by atoms with Crippen LogP contribution >= 0.6 is 0 Å². The van der Waals surface area contributed by atoms with Crippen LogP contribution in [0, 0.1) is 0 Å². The van der Waals surface area contributed by atoms with E-state index >= 15 is 0 Å². The lowest BCUT2D eigenvalue weighted by Crippen LogP contribution is -2.14. The molecule has 0 atom stereocenters. The van der Waals surface area contributed by atoms with Gasteiger partial charge in [0.05, 0.1) is 16.7 Å². The molecule has 0 fully saturated rings. The van der Waals surface area contributed by atoms with E-state index in [2.05, 4.69) is 89.5 Å². The normalized spacial score (nSPS) is 11.2. The maximum atomic E-state index is 4.80. The van der Waals surface area contributed by atoms with Gasteiger partial charge in [0.2, 0.25) is 0 Å². The van der Waals surface area contributed by atoms with Gasteiger partial charge in [-0.05, 0) is 37.1 Å². The van der Waals surface area contributed by atoms with Gasteiger partial charge in [-0.25, -0.2) is 4.98 Å². The van der Waals surface area contributed by atoms with Gasteiger partial charge < -0.3 is 10.6 Å². The number of rotatable bonds is 10. The zero-order valence-corrected chi connectivity index (χ0v) is 16.9. The fourth-order valence-corrected chi connectivity index (χ4v) is 3.80. The quantitative estimate of drug-likeness (QED) is 0.255. The molecule has 0 aliphatic rings. The maximum absolute atomic E-state index is 4.80. The second kappa shape index (κ2) is 10.0. The van der Waals surface area contributed by atoms with Crippen LogP contribution in [0.4, 0.5) is 5.69 Å². The molecule has 0 saturated heterocycles. The Balaban J connectivity index is 1.23. The summed E-state index contributed by atoms with van der Waals surface area (Å²) in [4.78, 5) is 4.80. The summed E-state index contributed by atoms with van der Waals surface area (Å²) in [6.07, 6.45) is 4.93. The number of pyridine rings is 1. The van der Waals surface area contributed by atoms with E-state index in [4.69, 9.17) is 4.98 Å². The summed E-state index contributed by atoms with van der Waals surface area (Å²) < 4.78 is 0. The van der Waals surface area contributed by atoms with Crippen molar-refractivity contribution in [1.29, 1.82) is 0 Å². The van der Waals surface area contributed by atoms with Crippen molar-refractivity contribution in [3.05, 3.63) is 84.4 Å². The standard InChI is InChI=1S/C26H29N3/c1(10-18-27-20-21-12-4-3-5-13-21)2-11-19-28-26-22-14-6-8-16-24(22)29-25-17-9-7-15-23(25)26/h3-9,12-17,27H,1-2,10-11,18-20H2,(H,28,29). The van der Waals surface area contributed by atoms with E-state index in [0.29, 0.717) is 0 Å². The Morgan fingerprint density at radius 1 is 0.586 bits per heavy atom. The van der Waals surface area contributed by atoms with Gasteiger partial charge in [0.25, 0.3) is 0 Å². The highest BCUT2D eigenvalue weighted by Crippen LogP contribution is 2.30. The molecule has 0 aliphatic heterocycles. The van der Waals surface area contributed by atoms with Gasteiger partial charge in [-0.15, -0.1) is 0 Å². The molecule has 4 aromatic rings. The van der Waals surface area contributed by atoms with Crippen LogP contribution in [0.1, 0.15) is 31.2 Å². The van der Waals surface area contributed by atoms with Crippen molar-refractivity contribution in [2.24, 2.45) is 0 Å². The number of hydrogen-bond acceptors (Lipinski definition) is 3. The molecule has 29 heavy (non-hydrogen) atoms. The van der Waals surface area contributed by atoms with Gasteiger partial charge in [0.15, 0.2) is 0 Å². The lowest BCUT2D eigenvalue weighted by molar-refractivity contribution is 0.593. The Bertz CT molecular complexity index is 989. The summed E-state index contributed by atoms with van der Waals surface area (Å²) in [5.74, 6) is 0. The molecule has 0 radical (unpaired) electrons. The Morgan fingerprint density at radius 2 is 1.17 bits per heavy atom. The van der Waals surface area contributed by atoms with Gasteiger partial charge in [-0.1, -0.05) is 79.6 Å². The summed E-state index contributed by atoms with van der Waals surface area (Å²) in [6, 6.07) is 27.4. The van der Waals surface area contributed by atoms with E-state index in [-0.39, 0.29) is 0 Å². The summed E-state index contributed by atoms with van der Waals surface area (Å²) in [5.41, 5.74) is 4.68. The SMILES string of the molecule is c1ccc(CNCCCCCCNc2c3ccccc3nc3ccccc23)cc1. The van der Waals surface area contributed by atoms with Gasteiger partial charge in [-0.3, -0.25) is 0 Å². The Morgan fingerprint density at radius 3 is 1.86 bits per heavy atom. The fourth-order valence-electron chi connectivity index (χ4n) is 3.80. The molecular weight excluding hydrogens is 354 g/mol.